The first kappa shape index (κ1) is 18.4. The lowest BCUT2D eigenvalue weighted by atomic mass is 10.1. The van der Waals surface area contributed by atoms with Crippen LogP contribution in [0.2, 0.25) is 0 Å². The van der Waals surface area contributed by atoms with Crippen molar-refractivity contribution in [3.8, 4) is 16.9 Å². The quantitative estimate of drug-likeness (QED) is 0.551. The Morgan fingerprint density at radius 2 is 1.70 bits per heavy atom. The summed E-state index contributed by atoms with van der Waals surface area (Å²) in [6.45, 7) is 1.52. The zero-order valence-electron chi connectivity index (χ0n) is 15.8. The molecule has 1 fully saturated rings. The molecule has 152 valence electrons. The molecule has 0 saturated carbocycles. The zero-order chi connectivity index (χ0) is 20.8. The van der Waals surface area contributed by atoms with Crippen LogP contribution in [0.4, 0.5) is 24.9 Å². The van der Waals surface area contributed by atoms with Crippen LogP contribution in [-0.2, 0) is 0 Å². The summed E-state index contributed by atoms with van der Waals surface area (Å²) >= 11 is 0. The highest BCUT2D eigenvalue weighted by Gasteiger charge is 2.25. The van der Waals surface area contributed by atoms with Gasteiger partial charge in [-0.2, -0.15) is 4.98 Å². The van der Waals surface area contributed by atoms with E-state index in [-0.39, 0.29) is 28.1 Å². The number of halogens is 3. The highest BCUT2D eigenvalue weighted by atomic mass is 19.2. The van der Waals surface area contributed by atoms with Crippen LogP contribution in [0.3, 0.4) is 0 Å². The van der Waals surface area contributed by atoms with Gasteiger partial charge in [0.1, 0.15) is 11.6 Å². The first-order chi connectivity index (χ1) is 14.5. The molecule has 2 aromatic heterocycles. The lowest BCUT2D eigenvalue weighted by molar-refractivity contribution is 0.511. The number of benzene rings is 2. The SMILES string of the molecule is Nc1c2c(-c3cccc(F)c3F)nc(N3CCCC3)nc2nn1-c1cccc(F)c1. The summed E-state index contributed by atoms with van der Waals surface area (Å²) in [6.07, 6.45) is 1.98. The minimum atomic E-state index is -1.03. The van der Waals surface area contributed by atoms with Gasteiger partial charge in [-0.3, -0.25) is 0 Å². The highest BCUT2D eigenvalue weighted by Crippen LogP contribution is 2.35. The van der Waals surface area contributed by atoms with Crippen LogP contribution >= 0.6 is 0 Å². The van der Waals surface area contributed by atoms with Gasteiger partial charge in [0.2, 0.25) is 5.95 Å². The fourth-order valence-corrected chi connectivity index (χ4v) is 3.74. The molecule has 30 heavy (non-hydrogen) atoms. The van der Waals surface area contributed by atoms with Crippen molar-refractivity contribution in [2.75, 3.05) is 23.7 Å². The number of aromatic nitrogens is 4. The number of nitrogens with zero attached hydrogens (tertiary/aromatic N) is 5. The Bertz CT molecular complexity index is 1260. The molecular formula is C21H17F3N6. The molecule has 9 heteroatoms. The molecule has 0 amide bonds. The maximum absolute atomic E-state index is 14.7. The topological polar surface area (TPSA) is 72.9 Å². The minimum Gasteiger partial charge on any atom is -0.383 e. The van der Waals surface area contributed by atoms with Gasteiger partial charge in [-0.1, -0.05) is 12.1 Å². The Kier molecular flexibility index (Phi) is 4.30. The average molecular weight is 410 g/mol. The van der Waals surface area contributed by atoms with Gasteiger partial charge in [-0.05, 0) is 43.2 Å². The van der Waals surface area contributed by atoms with Crippen LogP contribution in [0.1, 0.15) is 12.8 Å². The monoisotopic (exact) mass is 410 g/mol. The summed E-state index contributed by atoms with van der Waals surface area (Å²) in [5, 5.41) is 4.71. The van der Waals surface area contributed by atoms with Gasteiger partial charge in [-0.15, -0.1) is 5.10 Å². The summed E-state index contributed by atoms with van der Waals surface area (Å²) in [6, 6.07) is 9.64. The summed E-state index contributed by atoms with van der Waals surface area (Å²) in [4.78, 5) is 11.0. The van der Waals surface area contributed by atoms with Crippen molar-refractivity contribution in [2.45, 2.75) is 12.8 Å². The van der Waals surface area contributed by atoms with E-state index in [1.165, 1.54) is 35.0 Å². The van der Waals surface area contributed by atoms with E-state index in [1.54, 1.807) is 6.07 Å². The molecule has 0 aliphatic carbocycles. The fraction of sp³-hybridized carbons (Fsp3) is 0.190. The summed E-state index contributed by atoms with van der Waals surface area (Å²) < 4.78 is 43.7. The number of hydrogen-bond donors (Lipinski definition) is 1. The molecule has 1 saturated heterocycles. The van der Waals surface area contributed by atoms with Crippen molar-refractivity contribution in [1.29, 1.82) is 0 Å². The molecule has 6 nitrogen and oxygen atoms in total. The largest absolute Gasteiger partial charge is 0.383 e. The Morgan fingerprint density at radius 3 is 2.47 bits per heavy atom. The lowest BCUT2D eigenvalue weighted by Gasteiger charge is -2.16. The number of hydrogen-bond acceptors (Lipinski definition) is 5. The molecule has 0 spiro atoms. The Morgan fingerprint density at radius 1 is 0.933 bits per heavy atom. The highest BCUT2D eigenvalue weighted by molar-refractivity contribution is 5.99. The van der Waals surface area contributed by atoms with Crippen molar-refractivity contribution >= 4 is 22.8 Å². The molecule has 0 atom stereocenters. The molecule has 3 heterocycles. The average Bonchev–Trinajstić information content (AvgIpc) is 3.38. The van der Waals surface area contributed by atoms with Gasteiger partial charge in [0.15, 0.2) is 17.3 Å². The fourth-order valence-electron chi connectivity index (χ4n) is 3.74. The number of fused-ring (bicyclic) bond motifs is 1. The number of anilines is 2. The molecule has 1 aliphatic rings. The maximum Gasteiger partial charge on any atom is 0.228 e. The third-order valence-corrected chi connectivity index (χ3v) is 5.21. The summed E-state index contributed by atoms with van der Waals surface area (Å²) in [7, 11) is 0. The van der Waals surface area contributed by atoms with E-state index in [0.717, 1.165) is 32.0 Å². The third kappa shape index (κ3) is 2.94. The molecule has 4 aromatic rings. The molecule has 2 aromatic carbocycles. The molecule has 5 rings (SSSR count). The van der Waals surface area contributed by atoms with Crippen LogP contribution in [-0.4, -0.2) is 32.8 Å². The van der Waals surface area contributed by atoms with Gasteiger partial charge in [0.25, 0.3) is 0 Å². The summed E-state index contributed by atoms with van der Waals surface area (Å²) in [5.41, 5.74) is 7.05. The van der Waals surface area contributed by atoms with E-state index >= 15 is 0 Å². The minimum absolute atomic E-state index is 0.0339. The third-order valence-electron chi connectivity index (χ3n) is 5.21. The van der Waals surface area contributed by atoms with E-state index in [9.17, 15) is 13.2 Å². The zero-order valence-corrected chi connectivity index (χ0v) is 15.8. The van der Waals surface area contributed by atoms with E-state index in [1.807, 2.05) is 4.90 Å². The van der Waals surface area contributed by atoms with Gasteiger partial charge in [0, 0.05) is 18.7 Å². The van der Waals surface area contributed by atoms with Gasteiger partial charge < -0.3 is 10.6 Å². The van der Waals surface area contributed by atoms with Crippen LogP contribution in [0.5, 0.6) is 0 Å². The van der Waals surface area contributed by atoms with Gasteiger partial charge in [0.05, 0.1) is 16.8 Å². The van der Waals surface area contributed by atoms with E-state index < -0.39 is 17.5 Å². The van der Waals surface area contributed by atoms with Gasteiger partial charge in [-0.25, -0.2) is 22.8 Å². The second kappa shape index (κ2) is 7.01. The number of rotatable bonds is 3. The lowest BCUT2D eigenvalue weighted by Crippen LogP contribution is -2.20. The predicted molar refractivity (Wildman–Crippen MR) is 108 cm³/mol. The van der Waals surface area contributed by atoms with Crippen molar-refractivity contribution < 1.29 is 13.2 Å². The summed E-state index contributed by atoms with van der Waals surface area (Å²) in [5.74, 6) is -1.97. The Balaban J connectivity index is 1.80. The molecule has 0 bridgehead atoms. The number of nitrogens with two attached hydrogens (primary N) is 1. The smallest absolute Gasteiger partial charge is 0.228 e. The molecule has 0 unspecified atom stereocenters. The van der Waals surface area contributed by atoms with Crippen molar-refractivity contribution in [3.63, 3.8) is 0 Å². The molecule has 1 aliphatic heterocycles. The van der Waals surface area contributed by atoms with Crippen LogP contribution in [0.25, 0.3) is 28.0 Å². The second-order valence-electron chi connectivity index (χ2n) is 7.14. The predicted octanol–water partition coefficient (Wildman–Crippen LogP) is 4.08. The number of nitrogen functional groups attached to an aromatic ring is 1. The van der Waals surface area contributed by atoms with Crippen molar-refractivity contribution in [3.05, 3.63) is 59.9 Å². The molecular weight excluding hydrogens is 393 g/mol. The Hall–Kier alpha value is -3.62. The van der Waals surface area contributed by atoms with E-state index in [4.69, 9.17) is 5.73 Å². The second-order valence-corrected chi connectivity index (χ2v) is 7.14. The van der Waals surface area contributed by atoms with Crippen LogP contribution in [0, 0.1) is 17.5 Å². The van der Waals surface area contributed by atoms with Crippen molar-refractivity contribution in [2.24, 2.45) is 0 Å². The van der Waals surface area contributed by atoms with Crippen LogP contribution < -0.4 is 10.6 Å². The molecule has 0 radical (unpaired) electrons. The van der Waals surface area contributed by atoms with Crippen LogP contribution in [0.15, 0.2) is 42.5 Å². The first-order valence-electron chi connectivity index (χ1n) is 9.54. The maximum atomic E-state index is 14.7. The molecule has 2 N–H and O–H groups in total. The van der Waals surface area contributed by atoms with Gasteiger partial charge >= 0.3 is 0 Å². The van der Waals surface area contributed by atoms with E-state index in [0.29, 0.717) is 11.6 Å². The first-order valence-corrected chi connectivity index (χ1v) is 9.54. The van der Waals surface area contributed by atoms with E-state index in [2.05, 4.69) is 15.1 Å². The normalized spacial score (nSPS) is 14.0. The van der Waals surface area contributed by atoms with Crippen molar-refractivity contribution in [1.82, 2.24) is 19.7 Å². The standard InChI is InChI=1S/C21H17F3N6/c22-12-5-3-6-13(11-12)30-19(25)16-18(14-7-4-8-15(23)17(14)24)26-21(27-20(16)28-30)29-9-1-2-10-29/h3-8,11H,1-2,9-10,25H2. The Labute approximate surface area is 169 Å².